The van der Waals surface area contributed by atoms with Crippen LogP contribution in [0.2, 0.25) is 0 Å². The fourth-order valence-corrected chi connectivity index (χ4v) is 3.32. The number of hydrogen-bond donors (Lipinski definition) is 2. The molecule has 118 valence electrons. The topological polar surface area (TPSA) is 64.7 Å². The molecule has 0 aromatic carbocycles. The van der Waals surface area contributed by atoms with E-state index in [0.717, 1.165) is 57.9 Å². The molecule has 3 amide bonds. The first kappa shape index (κ1) is 14.6. The maximum atomic E-state index is 11.9. The van der Waals surface area contributed by atoms with E-state index in [9.17, 15) is 9.59 Å². The van der Waals surface area contributed by atoms with Crippen molar-refractivity contribution < 1.29 is 9.59 Å². The van der Waals surface area contributed by atoms with E-state index in [1.807, 2.05) is 4.90 Å². The van der Waals surface area contributed by atoms with Crippen LogP contribution in [0.5, 0.6) is 0 Å². The van der Waals surface area contributed by atoms with Crippen molar-refractivity contribution in [3.05, 3.63) is 0 Å². The molecule has 3 rings (SSSR count). The van der Waals surface area contributed by atoms with Crippen LogP contribution in [0, 0.1) is 0 Å². The number of likely N-dealkylation sites (tertiary alicyclic amines) is 2. The number of nitrogens with one attached hydrogen (secondary N) is 2. The molecule has 1 aliphatic carbocycles. The second-order valence-corrected chi connectivity index (χ2v) is 6.46. The second-order valence-electron chi connectivity index (χ2n) is 6.46. The number of nitrogens with zero attached hydrogens (tertiary/aromatic N) is 2. The van der Waals surface area contributed by atoms with E-state index in [-0.39, 0.29) is 24.5 Å². The monoisotopic (exact) mass is 294 g/mol. The van der Waals surface area contributed by atoms with Gasteiger partial charge in [-0.15, -0.1) is 0 Å². The summed E-state index contributed by atoms with van der Waals surface area (Å²) in [6, 6.07) is 0.868. The third-order valence-corrected chi connectivity index (χ3v) is 4.79. The number of amides is 3. The molecule has 1 saturated carbocycles. The zero-order chi connectivity index (χ0) is 14.7. The van der Waals surface area contributed by atoms with Crippen LogP contribution in [0.25, 0.3) is 0 Å². The van der Waals surface area contributed by atoms with Gasteiger partial charge in [0.2, 0.25) is 5.91 Å². The van der Waals surface area contributed by atoms with Gasteiger partial charge in [-0.25, -0.2) is 4.79 Å². The third-order valence-electron chi connectivity index (χ3n) is 4.79. The van der Waals surface area contributed by atoms with Crippen molar-refractivity contribution >= 4 is 11.9 Å². The zero-order valence-electron chi connectivity index (χ0n) is 12.6. The molecule has 0 bridgehead atoms. The SMILES string of the molecule is O=C(NCC(=O)N1CCCC1)NC1CCN(C2CC2)CC1. The van der Waals surface area contributed by atoms with Crippen LogP contribution in [0.15, 0.2) is 0 Å². The summed E-state index contributed by atoms with van der Waals surface area (Å²) in [4.78, 5) is 28.1. The van der Waals surface area contributed by atoms with Crippen molar-refractivity contribution in [2.24, 2.45) is 0 Å². The van der Waals surface area contributed by atoms with Gasteiger partial charge in [0.05, 0.1) is 6.54 Å². The van der Waals surface area contributed by atoms with Gasteiger partial charge in [0.15, 0.2) is 0 Å². The molecule has 0 atom stereocenters. The highest BCUT2D eigenvalue weighted by Crippen LogP contribution is 2.29. The quantitative estimate of drug-likeness (QED) is 0.795. The van der Waals surface area contributed by atoms with Gasteiger partial charge in [0, 0.05) is 38.3 Å². The molecule has 2 heterocycles. The van der Waals surface area contributed by atoms with E-state index in [0.29, 0.717) is 0 Å². The van der Waals surface area contributed by atoms with Crippen LogP contribution in [0.3, 0.4) is 0 Å². The van der Waals surface area contributed by atoms with Crippen LogP contribution < -0.4 is 10.6 Å². The van der Waals surface area contributed by atoms with E-state index in [1.165, 1.54) is 12.8 Å². The number of hydrogen-bond acceptors (Lipinski definition) is 3. The fraction of sp³-hybridized carbons (Fsp3) is 0.867. The first-order chi connectivity index (χ1) is 10.2. The first-order valence-electron chi connectivity index (χ1n) is 8.28. The molecular formula is C15H26N4O2. The van der Waals surface area contributed by atoms with Gasteiger partial charge in [-0.1, -0.05) is 0 Å². The Morgan fingerprint density at radius 2 is 1.62 bits per heavy atom. The first-order valence-corrected chi connectivity index (χ1v) is 8.28. The summed E-state index contributed by atoms with van der Waals surface area (Å²) < 4.78 is 0. The van der Waals surface area contributed by atoms with Gasteiger partial charge in [0.25, 0.3) is 0 Å². The Labute approximate surface area is 126 Å². The molecule has 6 nitrogen and oxygen atoms in total. The second kappa shape index (κ2) is 6.64. The molecular weight excluding hydrogens is 268 g/mol. The number of urea groups is 1. The largest absolute Gasteiger partial charge is 0.341 e. The number of rotatable bonds is 4. The summed E-state index contributed by atoms with van der Waals surface area (Å²) >= 11 is 0. The molecule has 2 aliphatic heterocycles. The summed E-state index contributed by atoms with van der Waals surface area (Å²) in [7, 11) is 0. The van der Waals surface area contributed by atoms with E-state index < -0.39 is 0 Å². The highest BCUT2D eigenvalue weighted by molar-refractivity contribution is 5.84. The van der Waals surface area contributed by atoms with Crippen LogP contribution >= 0.6 is 0 Å². The average molecular weight is 294 g/mol. The van der Waals surface area contributed by atoms with Crippen LogP contribution in [-0.4, -0.2) is 66.5 Å². The molecule has 3 aliphatic rings. The average Bonchev–Trinajstić information content (AvgIpc) is 3.20. The molecule has 6 heteroatoms. The maximum Gasteiger partial charge on any atom is 0.315 e. The predicted octanol–water partition coefficient (Wildman–Crippen LogP) is 0.535. The molecule has 21 heavy (non-hydrogen) atoms. The lowest BCUT2D eigenvalue weighted by Crippen LogP contribution is -2.50. The highest BCUT2D eigenvalue weighted by atomic mass is 16.2. The van der Waals surface area contributed by atoms with E-state index in [4.69, 9.17) is 0 Å². The smallest absolute Gasteiger partial charge is 0.315 e. The van der Waals surface area contributed by atoms with Crippen LogP contribution in [0.1, 0.15) is 38.5 Å². The van der Waals surface area contributed by atoms with E-state index >= 15 is 0 Å². The standard InChI is InChI=1S/C15H26N4O2/c20-14(19-7-1-2-8-19)11-16-15(21)17-12-5-9-18(10-6-12)13-3-4-13/h12-13H,1-11H2,(H2,16,17,21). The van der Waals surface area contributed by atoms with Gasteiger partial charge in [-0.05, 0) is 38.5 Å². The van der Waals surface area contributed by atoms with E-state index in [1.54, 1.807) is 0 Å². The molecule has 0 radical (unpaired) electrons. The Balaban J connectivity index is 1.31. The van der Waals surface area contributed by atoms with Crippen molar-refractivity contribution in [2.45, 2.75) is 50.6 Å². The molecule has 0 aromatic heterocycles. The fourth-order valence-electron chi connectivity index (χ4n) is 3.32. The summed E-state index contributed by atoms with van der Waals surface area (Å²) in [5, 5.41) is 5.70. The Bertz CT molecular complexity index is 383. The minimum Gasteiger partial charge on any atom is -0.341 e. The lowest BCUT2D eigenvalue weighted by atomic mass is 10.1. The van der Waals surface area contributed by atoms with Crippen molar-refractivity contribution in [3.8, 4) is 0 Å². The molecule has 0 aromatic rings. The van der Waals surface area contributed by atoms with Crippen molar-refractivity contribution in [3.63, 3.8) is 0 Å². The lowest BCUT2D eigenvalue weighted by molar-refractivity contribution is -0.129. The summed E-state index contributed by atoms with van der Waals surface area (Å²) in [5.74, 6) is 0.0335. The third kappa shape index (κ3) is 4.09. The van der Waals surface area contributed by atoms with Crippen LogP contribution in [-0.2, 0) is 4.79 Å². The molecule has 3 fully saturated rings. The molecule has 2 saturated heterocycles. The molecule has 2 N–H and O–H groups in total. The minimum atomic E-state index is -0.201. The minimum absolute atomic E-state index is 0.0335. The summed E-state index contributed by atoms with van der Waals surface area (Å²) in [6.45, 7) is 3.96. The lowest BCUT2D eigenvalue weighted by Gasteiger charge is -2.32. The van der Waals surface area contributed by atoms with Gasteiger partial charge >= 0.3 is 6.03 Å². The van der Waals surface area contributed by atoms with Gasteiger partial charge in [-0.2, -0.15) is 0 Å². The van der Waals surface area contributed by atoms with Crippen molar-refractivity contribution in [1.82, 2.24) is 20.4 Å². The zero-order valence-corrected chi connectivity index (χ0v) is 12.6. The Kier molecular flexibility index (Phi) is 4.63. The van der Waals surface area contributed by atoms with Gasteiger partial charge < -0.3 is 20.4 Å². The molecule has 0 unspecified atom stereocenters. The number of carbonyl (C=O) groups is 2. The Hall–Kier alpha value is -1.30. The van der Waals surface area contributed by atoms with Crippen molar-refractivity contribution in [1.29, 1.82) is 0 Å². The number of piperidine rings is 1. The predicted molar refractivity (Wildman–Crippen MR) is 80.0 cm³/mol. The van der Waals surface area contributed by atoms with E-state index in [2.05, 4.69) is 15.5 Å². The Morgan fingerprint density at radius 3 is 2.24 bits per heavy atom. The van der Waals surface area contributed by atoms with Crippen molar-refractivity contribution in [2.75, 3.05) is 32.7 Å². The Morgan fingerprint density at radius 1 is 0.952 bits per heavy atom. The van der Waals surface area contributed by atoms with Crippen LogP contribution in [0.4, 0.5) is 4.79 Å². The summed E-state index contributed by atoms with van der Waals surface area (Å²) in [6.07, 6.45) is 6.89. The van der Waals surface area contributed by atoms with Gasteiger partial charge in [-0.3, -0.25) is 4.79 Å². The van der Waals surface area contributed by atoms with Gasteiger partial charge in [0.1, 0.15) is 0 Å². The highest BCUT2D eigenvalue weighted by Gasteiger charge is 2.32. The summed E-state index contributed by atoms with van der Waals surface area (Å²) in [5.41, 5.74) is 0. The molecule has 0 spiro atoms. The normalized spacial score (nSPS) is 24.1. The maximum absolute atomic E-state index is 11.9. The number of carbonyl (C=O) groups excluding carboxylic acids is 2.